The normalized spacial score (nSPS) is 11.8. The van der Waals surface area contributed by atoms with Crippen molar-refractivity contribution < 1.29 is 13.0 Å². The van der Waals surface area contributed by atoms with E-state index >= 15 is 0 Å². The molecular formula is C10H8NO3S. The summed E-state index contributed by atoms with van der Waals surface area (Å²) in [5, 5.41) is 1.38. The lowest BCUT2D eigenvalue weighted by atomic mass is 10.1. The van der Waals surface area contributed by atoms with Crippen LogP contribution in [0.1, 0.15) is 0 Å². The quantitative estimate of drug-likeness (QED) is 0.565. The molecule has 0 atom stereocenters. The van der Waals surface area contributed by atoms with Crippen LogP contribution in [0.4, 0.5) is 5.69 Å². The van der Waals surface area contributed by atoms with Gasteiger partial charge in [-0.3, -0.25) is 4.55 Å². The predicted molar refractivity (Wildman–Crippen MR) is 57.0 cm³/mol. The van der Waals surface area contributed by atoms with Gasteiger partial charge in [-0.15, -0.1) is 0 Å². The second-order valence-electron chi connectivity index (χ2n) is 3.12. The average Bonchev–Trinajstić information content (AvgIpc) is 2.15. The molecule has 3 N–H and O–H groups in total. The largest absolute Gasteiger partial charge is 0.398 e. The highest BCUT2D eigenvalue weighted by molar-refractivity contribution is 7.86. The highest BCUT2D eigenvalue weighted by Gasteiger charge is 2.14. The van der Waals surface area contributed by atoms with Gasteiger partial charge in [0.05, 0.1) is 5.69 Å². The molecular weight excluding hydrogens is 214 g/mol. The number of anilines is 1. The molecule has 0 spiro atoms. The van der Waals surface area contributed by atoms with Gasteiger partial charge in [0.2, 0.25) is 0 Å². The van der Waals surface area contributed by atoms with Gasteiger partial charge in [0.25, 0.3) is 10.1 Å². The standard InChI is InChI=1S/C10H8NO3S/c11-9-5-7-3-1-2-4-8(7)6-10(9)15(12,13)14/h1-5H,11H2,(H,12,13,14). The maximum absolute atomic E-state index is 10.9. The van der Waals surface area contributed by atoms with Gasteiger partial charge in [-0.1, -0.05) is 24.3 Å². The van der Waals surface area contributed by atoms with Gasteiger partial charge >= 0.3 is 0 Å². The minimum Gasteiger partial charge on any atom is -0.398 e. The summed E-state index contributed by atoms with van der Waals surface area (Å²) in [5.74, 6) is 0. The van der Waals surface area contributed by atoms with Gasteiger partial charge in [0.15, 0.2) is 0 Å². The lowest BCUT2D eigenvalue weighted by Gasteiger charge is -2.04. The van der Waals surface area contributed by atoms with Crippen molar-refractivity contribution in [2.24, 2.45) is 0 Å². The van der Waals surface area contributed by atoms with Crippen LogP contribution in [0.2, 0.25) is 0 Å². The van der Waals surface area contributed by atoms with Gasteiger partial charge in [-0.2, -0.15) is 8.42 Å². The minimum atomic E-state index is -4.31. The Morgan fingerprint density at radius 1 is 1.27 bits per heavy atom. The molecule has 0 amide bonds. The average molecular weight is 222 g/mol. The van der Waals surface area contributed by atoms with Crippen LogP contribution in [0.25, 0.3) is 10.8 Å². The number of hydrogen-bond acceptors (Lipinski definition) is 3. The molecule has 0 fully saturated rings. The Labute approximate surface area is 87.1 Å². The van der Waals surface area contributed by atoms with Crippen molar-refractivity contribution in [1.29, 1.82) is 0 Å². The molecule has 77 valence electrons. The summed E-state index contributed by atoms with van der Waals surface area (Å²) in [6.07, 6.45) is 0. The van der Waals surface area contributed by atoms with E-state index in [0.717, 1.165) is 5.39 Å². The molecule has 4 nitrogen and oxygen atoms in total. The first kappa shape index (κ1) is 9.95. The Bertz CT molecular complexity index is 620. The van der Waals surface area contributed by atoms with E-state index in [1.54, 1.807) is 18.2 Å². The van der Waals surface area contributed by atoms with Gasteiger partial charge in [0.1, 0.15) is 4.90 Å². The fourth-order valence-electron chi connectivity index (χ4n) is 1.38. The molecule has 0 aliphatic heterocycles. The first-order valence-electron chi connectivity index (χ1n) is 4.16. The second kappa shape index (κ2) is 3.22. The zero-order valence-electron chi connectivity index (χ0n) is 7.64. The zero-order valence-corrected chi connectivity index (χ0v) is 8.45. The summed E-state index contributed by atoms with van der Waals surface area (Å²) in [5.41, 5.74) is 5.50. The first-order valence-corrected chi connectivity index (χ1v) is 5.60. The SMILES string of the molecule is Nc1cc2ccccc2[c]c1S(=O)(=O)O. The summed E-state index contributed by atoms with van der Waals surface area (Å²) in [6.45, 7) is 0. The highest BCUT2D eigenvalue weighted by atomic mass is 32.2. The molecule has 1 radical (unpaired) electrons. The zero-order chi connectivity index (χ0) is 11.1. The van der Waals surface area contributed by atoms with Gasteiger partial charge in [-0.25, -0.2) is 0 Å². The third-order valence-corrected chi connectivity index (χ3v) is 2.89. The molecule has 0 heterocycles. The topological polar surface area (TPSA) is 80.4 Å². The number of nitrogen functional groups attached to an aromatic ring is 1. The highest BCUT2D eigenvalue weighted by Crippen LogP contribution is 2.24. The minimum absolute atomic E-state index is 0.00352. The van der Waals surface area contributed by atoms with Crippen LogP contribution < -0.4 is 5.73 Å². The van der Waals surface area contributed by atoms with Crippen molar-refractivity contribution >= 4 is 26.6 Å². The third-order valence-electron chi connectivity index (χ3n) is 2.04. The smallest absolute Gasteiger partial charge is 0.297 e. The number of benzene rings is 2. The molecule has 0 unspecified atom stereocenters. The Morgan fingerprint density at radius 3 is 2.60 bits per heavy atom. The molecule has 2 aromatic carbocycles. The summed E-state index contributed by atoms with van der Waals surface area (Å²) < 4.78 is 30.8. The number of fused-ring (bicyclic) bond motifs is 1. The molecule has 0 saturated heterocycles. The summed E-state index contributed by atoms with van der Waals surface area (Å²) in [6, 6.07) is 11.1. The van der Waals surface area contributed by atoms with E-state index in [-0.39, 0.29) is 10.6 Å². The fraction of sp³-hybridized carbons (Fsp3) is 0. The number of hydrogen-bond donors (Lipinski definition) is 2. The summed E-state index contributed by atoms with van der Waals surface area (Å²) in [4.78, 5) is -0.374. The van der Waals surface area contributed by atoms with Crippen molar-refractivity contribution in [2.75, 3.05) is 5.73 Å². The molecule has 0 aliphatic carbocycles. The van der Waals surface area contributed by atoms with Crippen molar-refractivity contribution in [2.45, 2.75) is 4.90 Å². The lowest BCUT2D eigenvalue weighted by molar-refractivity contribution is 0.483. The van der Waals surface area contributed by atoms with Crippen LogP contribution in [-0.4, -0.2) is 13.0 Å². The van der Waals surface area contributed by atoms with Crippen molar-refractivity contribution in [3.8, 4) is 0 Å². The number of nitrogens with two attached hydrogens (primary N) is 1. The molecule has 15 heavy (non-hydrogen) atoms. The van der Waals surface area contributed by atoms with Crippen molar-refractivity contribution in [3.05, 3.63) is 36.4 Å². The van der Waals surface area contributed by atoms with Crippen molar-refractivity contribution in [3.63, 3.8) is 0 Å². The lowest BCUT2D eigenvalue weighted by Crippen LogP contribution is -2.03. The number of rotatable bonds is 1. The second-order valence-corrected chi connectivity index (χ2v) is 4.47. The van der Waals surface area contributed by atoms with E-state index in [4.69, 9.17) is 10.3 Å². The molecule has 2 aromatic rings. The van der Waals surface area contributed by atoms with E-state index < -0.39 is 10.1 Å². The monoisotopic (exact) mass is 222 g/mol. The van der Waals surface area contributed by atoms with E-state index in [1.807, 2.05) is 6.07 Å². The molecule has 0 aromatic heterocycles. The summed E-state index contributed by atoms with van der Waals surface area (Å²) >= 11 is 0. The van der Waals surface area contributed by atoms with Crippen LogP contribution in [-0.2, 0) is 10.1 Å². The molecule has 2 rings (SSSR count). The maximum atomic E-state index is 10.9. The van der Waals surface area contributed by atoms with Crippen LogP contribution in [0.5, 0.6) is 0 Å². The molecule has 5 heteroatoms. The van der Waals surface area contributed by atoms with E-state index in [1.165, 1.54) is 6.07 Å². The van der Waals surface area contributed by atoms with Gasteiger partial charge in [-0.05, 0) is 16.8 Å². The van der Waals surface area contributed by atoms with Crippen molar-refractivity contribution in [1.82, 2.24) is 0 Å². The first-order chi connectivity index (χ1) is 6.98. The van der Waals surface area contributed by atoms with E-state index in [0.29, 0.717) is 5.39 Å². The molecule has 0 bridgehead atoms. The Morgan fingerprint density at radius 2 is 1.93 bits per heavy atom. The van der Waals surface area contributed by atoms with E-state index in [2.05, 4.69) is 6.07 Å². The molecule has 0 saturated carbocycles. The third kappa shape index (κ3) is 1.79. The molecule has 0 aliphatic rings. The fourth-order valence-corrected chi connectivity index (χ4v) is 1.97. The van der Waals surface area contributed by atoms with Crippen LogP contribution in [0.15, 0.2) is 35.2 Å². The van der Waals surface area contributed by atoms with Gasteiger partial charge < -0.3 is 5.73 Å². The Kier molecular flexibility index (Phi) is 2.13. The van der Waals surface area contributed by atoms with Crippen LogP contribution in [0.3, 0.4) is 0 Å². The Hall–Kier alpha value is -1.59. The Balaban J connectivity index is 2.84. The van der Waals surface area contributed by atoms with E-state index in [9.17, 15) is 8.42 Å². The van der Waals surface area contributed by atoms with Gasteiger partial charge in [0, 0.05) is 6.07 Å². The van der Waals surface area contributed by atoms with Crippen LogP contribution >= 0.6 is 0 Å². The maximum Gasteiger partial charge on any atom is 0.297 e. The summed E-state index contributed by atoms with van der Waals surface area (Å²) in [7, 11) is -4.31. The predicted octanol–water partition coefficient (Wildman–Crippen LogP) is 1.47. The van der Waals surface area contributed by atoms with Crippen LogP contribution in [0, 0.1) is 6.07 Å².